The molecule has 1 atom stereocenters. The van der Waals surface area contributed by atoms with E-state index in [0.717, 1.165) is 18.8 Å². The molecule has 1 saturated carbocycles. The summed E-state index contributed by atoms with van der Waals surface area (Å²) >= 11 is 1.82. The van der Waals surface area contributed by atoms with Crippen LogP contribution in [0, 0.1) is 0 Å². The number of aromatic nitrogens is 1. The van der Waals surface area contributed by atoms with Gasteiger partial charge in [0.15, 0.2) is 0 Å². The highest BCUT2D eigenvalue weighted by atomic mass is 32.1. The zero-order chi connectivity index (χ0) is 13.9. The highest BCUT2D eigenvalue weighted by molar-refractivity contribution is 7.09. The van der Waals surface area contributed by atoms with E-state index in [1.165, 1.54) is 23.3 Å². The first kappa shape index (κ1) is 13.6. The van der Waals surface area contributed by atoms with Crippen molar-refractivity contribution in [1.29, 1.82) is 0 Å². The Kier molecular flexibility index (Phi) is 4.03. The number of hydrogen-bond acceptors (Lipinski definition) is 4. The molecule has 3 rings (SSSR count). The zero-order valence-corrected chi connectivity index (χ0v) is 12.6. The Morgan fingerprint density at radius 2 is 2.25 bits per heavy atom. The van der Waals surface area contributed by atoms with Gasteiger partial charge in [-0.2, -0.15) is 0 Å². The maximum Gasteiger partial charge on any atom is 0.132 e. The van der Waals surface area contributed by atoms with Gasteiger partial charge in [0.1, 0.15) is 5.82 Å². The van der Waals surface area contributed by atoms with E-state index in [0.29, 0.717) is 6.04 Å². The van der Waals surface area contributed by atoms with Crippen molar-refractivity contribution in [3.8, 4) is 0 Å². The Morgan fingerprint density at radius 3 is 2.90 bits per heavy atom. The van der Waals surface area contributed by atoms with E-state index in [9.17, 15) is 0 Å². The van der Waals surface area contributed by atoms with Crippen molar-refractivity contribution < 1.29 is 0 Å². The number of rotatable bonds is 6. The maximum absolute atomic E-state index is 5.98. The second-order valence-electron chi connectivity index (χ2n) is 5.61. The third kappa shape index (κ3) is 3.19. The third-order valence-corrected chi connectivity index (χ3v) is 4.44. The molecule has 20 heavy (non-hydrogen) atoms. The largest absolute Gasteiger partial charge is 0.348 e. The van der Waals surface area contributed by atoms with E-state index in [1.807, 2.05) is 23.6 Å². The molecule has 106 valence electrons. The van der Waals surface area contributed by atoms with Crippen molar-refractivity contribution in [3.63, 3.8) is 0 Å². The number of anilines is 1. The molecule has 1 unspecified atom stereocenters. The normalized spacial score (nSPS) is 16.1. The fraction of sp³-hybridized carbons (Fsp3) is 0.438. The summed E-state index contributed by atoms with van der Waals surface area (Å²) < 4.78 is 0. The molecule has 1 fully saturated rings. The van der Waals surface area contributed by atoms with Crippen molar-refractivity contribution in [2.75, 3.05) is 4.90 Å². The summed E-state index contributed by atoms with van der Waals surface area (Å²) in [7, 11) is 0. The number of hydrogen-bond donors (Lipinski definition) is 1. The molecule has 2 aromatic rings. The van der Waals surface area contributed by atoms with Crippen molar-refractivity contribution in [1.82, 2.24) is 4.98 Å². The van der Waals surface area contributed by atoms with Crippen molar-refractivity contribution >= 4 is 17.2 Å². The summed E-state index contributed by atoms with van der Waals surface area (Å²) in [5, 5.41) is 2.14. The highest BCUT2D eigenvalue weighted by Crippen LogP contribution is 2.34. The third-order valence-electron chi connectivity index (χ3n) is 3.58. The van der Waals surface area contributed by atoms with E-state index in [-0.39, 0.29) is 6.04 Å². The predicted octanol–water partition coefficient (Wildman–Crippen LogP) is 3.20. The molecule has 0 saturated heterocycles. The lowest BCUT2D eigenvalue weighted by atomic mass is 10.1. The smallest absolute Gasteiger partial charge is 0.132 e. The molecule has 0 aromatic carbocycles. The molecule has 0 aliphatic heterocycles. The van der Waals surface area contributed by atoms with E-state index >= 15 is 0 Å². The summed E-state index contributed by atoms with van der Waals surface area (Å²) in [6.07, 6.45) is 5.33. The number of nitrogens with zero attached hydrogens (tertiary/aromatic N) is 2. The Labute approximate surface area is 124 Å². The molecule has 2 N–H and O–H groups in total. The van der Waals surface area contributed by atoms with Gasteiger partial charge in [-0.3, -0.25) is 0 Å². The lowest BCUT2D eigenvalue weighted by Gasteiger charge is -2.25. The summed E-state index contributed by atoms with van der Waals surface area (Å²) in [5.41, 5.74) is 7.25. The Morgan fingerprint density at radius 1 is 1.40 bits per heavy atom. The van der Waals surface area contributed by atoms with Gasteiger partial charge in [0, 0.05) is 23.2 Å². The molecule has 0 radical (unpaired) electrons. The Bertz CT molecular complexity index is 547. The molecule has 0 spiro atoms. The fourth-order valence-electron chi connectivity index (χ4n) is 2.53. The van der Waals surface area contributed by atoms with Gasteiger partial charge in [-0.1, -0.05) is 12.1 Å². The van der Waals surface area contributed by atoms with Crippen molar-refractivity contribution in [2.24, 2.45) is 5.73 Å². The molecule has 2 aromatic heterocycles. The number of pyridine rings is 1. The van der Waals surface area contributed by atoms with Gasteiger partial charge in [0.25, 0.3) is 0 Å². The van der Waals surface area contributed by atoms with E-state index in [4.69, 9.17) is 5.73 Å². The van der Waals surface area contributed by atoms with Gasteiger partial charge in [-0.15, -0.1) is 11.3 Å². The van der Waals surface area contributed by atoms with Crippen LogP contribution in [0.2, 0.25) is 0 Å². The second kappa shape index (κ2) is 5.94. The average molecular weight is 287 g/mol. The van der Waals surface area contributed by atoms with Crippen LogP contribution in [-0.4, -0.2) is 17.1 Å². The highest BCUT2D eigenvalue weighted by Gasteiger charge is 2.31. The first-order valence-corrected chi connectivity index (χ1v) is 8.10. The van der Waals surface area contributed by atoms with Gasteiger partial charge < -0.3 is 10.6 Å². The van der Waals surface area contributed by atoms with Gasteiger partial charge in [-0.05, 0) is 49.3 Å². The fourth-order valence-corrected chi connectivity index (χ4v) is 3.23. The lowest BCUT2D eigenvalue weighted by molar-refractivity contribution is 0.718. The van der Waals surface area contributed by atoms with Gasteiger partial charge in [-0.25, -0.2) is 4.98 Å². The minimum Gasteiger partial charge on any atom is -0.348 e. The number of nitrogens with two attached hydrogens (primary N) is 1. The second-order valence-corrected chi connectivity index (χ2v) is 6.64. The van der Waals surface area contributed by atoms with Crippen LogP contribution in [0.1, 0.15) is 30.2 Å². The van der Waals surface area contributed by atoms with E-state index in [1.54, 1.807) is 0 Å². The van der Waals surface area contributed by atoms with Crippen LogP contribution in [0.3, 0.4) is 0 Å². The molecule has 4 heteroatoms. The standard InChI is InChI=1S/C16H21N3S/c1-12(17)10-13-4-2-8-18-16(13)19(14-6-7-14)11-15-5-3-9-20-15/h2-5,8-9,12,14H,6-7,10-11,17H2,1H3. The topological polar surface area (TPSA) is 42.1 Å². The minimum atomic E-state index is 0.167. The number of thiophene rings is 1. The first-order valence-electron chi connectivity index (χ1n) is 7.22. The Balaban J connectivity index is 1.87. The molecule has 3 nitrogen and oxygen atoms in total. The lowest BCUT2D eigenvalue weighted by Crippen LogP contribution is -2.28. The van der Waals surface area contributed by atoms with Crippen LogP contribution in [-0.2, 0) is 13.0 Å². The van der Waals surface area contributed by atoms with Crippen LogP contribution in [0.5, 0.6) is 0 Å². The van der Waals surface area contributed by atoms with Gasteiger partial charge in [0.2, 0.25) is 0 Å². The van der Waals surface area contributed by atoms with E-state index in [2.05, 4.69) is 40.4 Å². The van der Waals surface area contributed by atoms with Crippen LogP contribution in [0.4, 0.5) is 5.82 Å². The van der Waals surface area contributed by atoms with Gasteiger partial charge >= 0.3 is 0 Å². The van der Waals surface area contributed by atoms with Crippen LogP contribution >= 0.6 is 11.3 Å². The molecular formula is C16H21N3S. The minimum absolute atomic E-state index is 0.167. The Hall–Kier alpha value is -1.39. The summed E-state index contributed by atoms with van der Waals surface area (Å²) in [6.45, 7) is 3.02. The quantitative estimate of drug-likeness (QED) is 0.887. The van der Waals surface area contributed by atoms with Crippen molar-refractivity contribution in [2.45, 2.75) is 44.8 Å². The zero-order valence-electron chi connectivity index (χ0n) is 11.8. The molecule has 0 bridgehead atoms. The molecular weight excluding hydrogens is 266 g/mol. The van der Waals surface area contributed by atoms with Crippen molar-refractivity contribution in [3.05, 3.63) is 46.3 Å². The SMILES string of the molecule is CC(N)Cc1cccnc1N(Cc1cccs1)C1CC1. The van der Waals surface area contributed by atoms with Gasteiger partial charge in [0.05, 0.1) is 6.54 Å². The predicted molar refractivity (Wildman–Crippen MR) is 85.1 cm³/mol. The molecule has 1 aliphatic rings. The van der Waals surface area contributed by atoms with E-state index < -0.39 is 0 Å². The van der Waals surface area contributed by atoms with Crippen LogP contribution < -0.4 is 10.6 Å². The summed E-state index contributed by atoms with van der Waals surface area (Å²) in [5.74, 6) is 1.13. The monoisotopic (exact) mass is 287 g/mol. The average Bonchev–Trinajstić information content (AvgIpc) is 3.14. The summed E-state index contributed by atoms with van der Waals surface area (Å²) in [4.78, 5) is 8.51. The maximum atomic E-state index is 5.98. The molecule has 0 amide bonds. The molecule has 1 aliphatic carbocycles. The van der Waals surface area contributed by atoms with Crippen LogP contribution in [0.25, 0.3) is 0 Å². The molecule has 2 heterocycles. The van der Waals surface area contributed by atoms with Crippen LogP contribution in [0.15, 0.2) is 35.8 Å². The summed E-state index contributed by atoms with van der Waals surface area (Å²) in [6, 6.07) is 9.31. The first-order chi connectivity index (χ1) is 9.74.